The van der Waals surface area contributed by atoms with Crippen molar-refractivity contribution in [3.63, 3.8) is 0 Å². The van der Waals surface area contributed by atoms with Gasteiger partial charge in [0.05, 0.1) is 76.1 Å². The topological polar surface area (TPSA) is 280 Å². The fourth-order valence-electron chi connectivity index (χ4n) is 9.10. The molecule has 634 valence electrons. The quantitative estimate of drug-likeness (QED) is 0.00412. The first kappa shape index (κ1) is 109. The van der Waals surface area contributed by atoms with Crippen LogP contribution in [0.5, 0.6) is 0 Å². The summed E-state index contributed by atoms with van der Waals surface area (Å²) in [5.41, 5.74) is 11.9. The van der Waals surface area contributed by atoms with E-state index in [1.165, 1.54) is 25.1 Å². The number of nitrogen functional groups attached to an aromatic ring is 1. The number of nitrogens with two attached hydrogens (primary N) is 1. The highest BCUT2D eigenvalue weighted by atomic mass is 128. The van der Waals surface area contributed by atoms with Crippen molar-refractivity contribution in [2.45, 2.75) is 88.4 Å². The Labute approximate surface area is 776 Å². The van der Waals surface area contributed by atoms with E-state index >= 15 is 0 Å². The molecule has 0 aliphatic rings. The van der Waals surface area contributed by atoms with Crippen molar-refractivity contribution in [3.8, 4) is 16.9 Å². The zero-order valence-electron chi connectivity index (χ0n) is 65.3. The number of aromatic nitrogens is 2. The number of benzene rings is 8. The smallest absolute Gasteiger partial charge is 0.391 e. The minimum absolute atomic E-state index is 0. The molecule has 0 saturated heterocycles. The van der Waals surface area contributed by atoms with Crippen LogP contribution in [-0.2, 0) is 47.3 Å². The van der Waals surface area contributed by atoms with E-state index in [-0.39, 0.29) is 61.8 Å². The minimum atomic E-state index is -1.54. The molecule has 2 atom stereocenters. The molecular weight excluding hydrogens is 2040 g/mol. The van der Waals surface area contributed by atoms with Crippen LogP contribution in [0.4, 0.5) is 11.4 Å². The van der Waals surface area contributed by atoms with E-state index in [0.717, 1.165) is 33.2 Å². The van der Waals surface area contributed by atoms with E-state index in [4.69, 9.17) is 159 Å². The molecule has 1 aromatic heterocycles. The third kappa shape index (κ3) is 38.6. The van der Waals surface area contributed by atoms with E-state index in [1.54, 1.807) is 161 Å². The summed E-state index contributed by atoms with van der Waals surface area (Å²) in [6, 6.07) is 49.4. The number of esters is 4. The van der Waals surface area contributed by atoms with Crippen LogP contribution in [0, 0.1) is 18.8 Å². The van der Waals surface area contributed by atoms with Gasteiger partial charge in [0.15, 0.2) is 28.8 Å². The summed E-state index contributed by atoms with van der Waals surface area (Å²) in [7, 11) is -1.54. The molecule has 0 bridgehead atoms. The maximum atomic E-state index is 12.7. The van der Waals surface area contributed by atoms with Crippen molar-refractivity contribution in [1.82, 2.24) is 9.78 Å². The largest absolute Gasteiger partial charge is 0.544 e. The average molecular weight is 2120 g/mol. The predicted octanol–water partition coefficient (Wildman–Crippen LogP) is 26.0. The van der Waals surface area contributed by atoms with Gasteiger partial charge in [0, 0.05) is 117 Å². The number of ketones is 4. The maximum Gasteiger partial charge on any atom is 0.391 e. The second-order valence-electron chi connectivity index (χ2n) is 24.2. The molecule has 0 spiro atoms. The molecule has 0 aliphatic heterocycles. The Morgan fingerprint density at radius 1 is 0.500 bits per heavy atom. The zero-order chi connectivity index (χ0) is 88.4. The fourth-order valence-corrected chi connectivity index (χ4v) is 12.1. The molecule has 0 radical (unpaired) electrons. The monoisotopic (exact) mass is 2110 g/mol. The van der Waals surface area contributed by atoms with Gasteiger partial charge in [0.1, 0.15) is 5.76 Å². The molecule has 118 heavy (non-hydrogen) atoms. The van der Waals surface area contributed by atoms with Crippen molar-refractivity contribution in [2.24, 2.45) is 22.8 Å². The Bertz CT molecular complexity index is 4850. The summed E-state index contributed by atoms with van der Waals surface area (Å²) in [5, 5.41) is 13.4. The van der Waals surface area contributed by atoms with Gasteiger partial charge in [-0.1, -0.05) is 147 Å². The number of nitrogens with one attached hydrogen (secondary N) is 2. The first-order valence-electron chi connectivity index (χ1n) is 34.9. The van der Waals surface area contributed by atoms with Crippen LogP contribution < -0.4 is 16.7 Å². The summed E-state index contributed by atoms with van der Waals surface area (Å²) < 4.78 is 26.5. The zero-order valence-corrected chi connectivity index (χ0v) is 80.5. The number of carbonyl (C=O) groups is 9. The molecule has 20 nitrogen and oxygen atoms in total. The van der Waals surface area contributed by atoms with Crippen LogP contribution in [0.2, 0.25) is 74.9 Å². The number of hydrazine groups is 1. The first-order chi connectivity index (χ1) is 55.3. The van der Waals surface area contributed by atoms with Crippen LogP contribution in [0.1, 0.15) is 115 Å². The number of carbonyl (C=O) groups excluding carboxylic acids is 9. The van der Waals surface area contributed by atoms with Gasteiger partial charge in [-0.3, -0.25) is 35.2 Å². The van der Waals surface area contributed by atoms with Crippen LogP contribution in [0.3, 0.4) is 0 Å². The van der Waals surface area contributed by atoms with Crippen LogP contribution in [-0.4, -0.2) is 102 Å². The molecule has 9 aromatic rings. The number of hydrogen-bond donors (Lipinski definition) is 3. The van der Waals surface area contributed by atoms with Gasteiger partial charge >= 0.3 is 29.1 Å². The highest BCUT2D eigenvalue weighted by molar-refractivity contribution is 15.0. The van der Waals surface area contributed by atoms with Gasteiger partial charge in [-0.05, 0) is 256 Å². The summed E-state index contributed by atoms with van der Waals surface area (Å²) in [6.45, 7) is 22.5. The summed E-state index contributed by atoms with van der Waals surface area (Å²) >= 11 is 73.6. The average Bonchev–Trinajstić information content (AvgIpc) is 1.62. The van der Waals surface area contributed by atoms with E-state index in [9.17, 15) is 43.2 Å². The van der Waals surface area contributed by atoms with Crippen molar-refractivity contribution in [1.29, 1.82) is 0 Å². The van der Waals surface area contributed by atoms with Gasteiger partial charge in [0.2, 0.25) is 8.32 Å². The maximum absolute atomic E-state index is 12.7. The van der Waals surface area contributed by atoms with Crippen molar-refractivity contribution in [3.05, 3.63) is 271 Å². The SMILES string of the molecule is C/C=C(\O[Si](C)(C)C)c1ccc(Cl)cc1.CCC(=O)c1ccc(Cl)cc1.CCOC(=O)/C(=N\Nc1ccc(Cl)cc1Cl)C(C)C(=O)c1ccc(Cl)cc1.CCOC(=O)C(=O)C(C)C(=O)c1ccc(Cl)cc1.CCOC(=O)C(=O)Cl.CCOC(=O)c1nn(-c2ccc(Cl)cc2Cl)c(-c2ccc(Cl)cc2)c1C.Cl.II.NNc1ccc(Cl)cc1Cl. The predicted molar refractivity (Wildman–Crippen MR) is 503 cm³/mol. The van der Waals surface area contributed by atoms with Crippen molar-refractivity contribution < 1.29 is 66.5 Å². The number of allylic oxidation sites excluding steroid dienone is 1. The lowest BCUT2D eigenvalue weighted by Gasteiger charge is -2.21. The third-order valence-electron chi connectivity index (χ3n) is 14.7. The molecule has 0 aliphatic carbocycles. The number of ether oxygens (including phenoxy) is 4. The van der Waals surface area contributed by atoms with Crippen molar-refractivity contribution in [2.75, 3.05) is 37.3 Å². The number of hydrazone groups is 1. The van der Waals surface area contributed by atoms with E-state index < -0.39 is 60.8 Å². The Kier molecular flexibility index (Phi) is 53.5. The van der Waals surface area contributed by atoms with Gasteiger partial charge in [-0.15, -0.1) is 12.4 Å². The highest BCUT2D eigenvalue weighted by Crippen LogP contribution is 2.35. The van der Waals surface area contributed by atoms with E-state index in [0.29, 0.717) is 90.4 Å². The fraction of sp³-hybridized carbons (Fsp3) is 0.232. The lowest BCUT2D eigenvalue weighted by Crippen LogP contribution is -2.31. The molecule has 2 unspecified atom stereocenters. The Morgan fingerprint density at radius 3 is 1.25 bits per heavy atom. The summed E-state index contributed by atoms with van der Waals surface area (Å²) in [6.07, 6.45) is 2.54. The Morgan fingerprint density at radius 2 is 0.873 bits per heavy atom. The van der Waals surface area contributed by atoms with Gasteiger partial charge in [-0.25, -0.2) is 23.9 Å². The van der Waals surface area contributed by atoms with Crippen molar-refractivity contribution >= 4 is 272 Å². The number of anilines is 2. The van der Waals surface area contributed by atoms with Crippen LogP contribution in [0.15, 0.2) is 187 Å². The molecule has 0 fully saturated rings. The number of hydrogen-bond acceptors (Lipinski definition) is 19. The molecule has 9 rings (SSSR count). The standard InChI is InChI=1S/C19H17Cl3N2O3.C19H15Cl3N2O2.C13H13ClO4.C12H17ClOSi.C9H9ClO.C6H6Cl2N2.C4H5ClO3.ClH.I2/c1-3-27-19(26)17(24-23-16-9-8-14(21)10-15(16)22)11(2)18(25)12-4-6-13(20)7-5-12;1-3-26-19(25)17-11(2)18(12-4-6-13(20)7-5-12)24(23-17)16-9-8-14(21)10-15(16)22;1-3-18-13(17)12(16)8(2)11(15)9-4-6-10(14)7-5-9;1-5-12(14-15(2,3)4)10-6-8-11(13)9-7-10;1-2-9(11)7-3-5-8(10)6-4-7;7-4-1-2-6(10-9)5(8)3-4;1-2-8-4(7)3(5)6;;1-2/h4-11,23H,3H2,1-2H3;4-10H,3H2,1-2H3;4-8H,3H2,1-2H3;5-9H,1-4H3;3-6H,2H2,1H3;1-3,10H,9H2;2H2,1H3;1H;/b24-17-;;;12-5-;;;;;. The second-order valence-corrected chi connectivity index (χ2v) is 33.7. The van der Waals surface area contributed by atoms with E-state index in [2.05, 4.69) is 87.4 Å². The van der Waals surface area contributed by atoms with Gasteiger partial charge < -0.3 is 28.8 Å². The lowest BCUT2D eigenvalue weighted by molar-refractivity contribution is -0.154. The normalized spacial score (nSPS) is 10.9. The molecule has 0 saturated carbocycles. The third-order valence-corrected chi connectivity index (χ3v) is 18.6. The molecule has 1 heterocycles. The second kappa shape index (κ2) is 57.7. The number of nitrogens with zero attached hydrogens (tertiary/aromatic N) is 3. The minimum Gasteiger partial charge on any atom is -0.544 e. The Hall–Kier alpha value is -6.58. The number of Topliss-reactive ketones (excluding diaryl/α,β-unsaturated/α-hetero) is 4. The molecule has 8 aromatic carbocycles. The Balaban J connectivity index is 0.000000711. The van der Waals surface area contributed by atoms with Crippen LogP contribution >= 0.6 is 189 Å². The number of rotatable bonds is 24. The summed E-state index contributed by atoms with van der Waals surface area (Å²) in [4.78, 5) is 103. The lowest BCUT2D eigenvalue weighted by atomic mass is 9.95. The molecule has 4 N–H and O–H groups in total. The molecule has 36 heteroatoms. The highest BCUT2D eigenvalue weighted by Gasteiger charge is 2.31. The van der Waals surface area contributed by atoms with E-state index in [1.807, 2.05) is 63.2 Å². The first-order valence-corrected chi connectivity index (χ1v) is 49.1. The molecule has 0 amide bonds. The van der Waals surface area contributed by atoms with Gasteiger partial charge in [-0.2, -0.15) is 10.2 Å². The van der Waals surface area contributed by atoms with Crippen LogP contribution in [0.25, 0.3) is 22.7 Å². The van der Waals surface area contributed by atoms with Gasteiger partial charge in [0.25, 0.3) is 5.78 Å². The summed E-state index contributed by atoms with van der Waals surface area (Å²) in [5.74, 6) is -0.362. The number of halogens is 15. The molecular formula is C82H83Cl13I2N6O14Si.